The van der Waals surface area contributed by atoms with Crippen LogP contribution in [0.15, 0.2) is 48.5 Å². The molecule has 1 aromatic heterocycles. The number of ether oxygens (including phenoxy) is 2. The molecule has 0 unspecified atom stereocenters. The van der Waals surface area contributed by atoms with E-state index in [9.17, 15) is 9.90 Å². The van der Waals surface area contributed by atoms with Gasteiger partial charge in [-0.25, -0.2) is 4.79 Å². The normalized spacial score (nSPS) is 16.7. The fourth-order valence-corrected chi connectivity index (χ4v) is 6.16. The first-order valence-electron chi connectivity index (χ1n) is 12.1. The molecular formula is C28H31NO4S. The highest BCUT2D eigenvalue weighted by atomic mass is 32.1. The largest absolute Gasteiger partial charge is 0.493 e. The zero-order chi connectivity index (χ0) is 23.5. The number of methoxy groups -OCH3 is 1. The Morgan fingerprint density at radius 3 is 2.35 bits per heavy atom. The molecule has 1 aliphatic heterocycles. The molecule has 1 saturated carbocycles. The van der Waals surface area contributed by atoms with Crippen molar-refractivity contribution in [3.05, 3.63) is 59.7 Å². The van der Waals surface area contributed by atoms with Crippen molar-refractivity contribution in [2.75, 3.05) is 20.2 Å². The van der Waals surface area contributed by atoms with Crippen molar-refractivity contribution >= 4 is 17.3 Å². The van der Waals surface area contributed by atoms with Crippen LogP contribution in [0.4, 0.5) is 0 Å². The first-order valence-corrected chi connectivity index (χ1v) is 13.0. The van der Waals surface area contributed by atoms with Gasteiger partial charge in [-0.15, -0.1) is 11.3 Å². The summed E-state index contributed by atoms with van der Waals surface area (Å²) in [6.45, 7) is 3.17. The molecule has 6 heteroatoms. The van der Waals surface area contributed by atoms with E-state index in [1.807, 2.05) is 18.2 Å². The Balaban J connectivity index is 1.50. The number of carboxylic acids is 1. The van der Waals surface area contributed by atoms with Gasteiger partial charge in [-0.2, -0.15) is 0 Å². The third kappa shape index (κ3) is 4.98. The van der Waals surface area contributed by atoms with Crippen LogP contribution in [0.1, 0.15) is 54.4 Å². The molecule has 0 radical (unpaired) electrons. The molecule has 2 aliphatic rings. The molecule has 0 amide bonds. The number of likely N-dealkylation sites (tertiary alicyclic amines) is 1. The summed E-state index contributed by atoms with van der Waals surface area (Å²) in [5, 5.41) is 9.29. The van der Waals surface area contributed by atoms with E-state index in [1.54, 1.807) is 30.6 Å². The summed E-state index contributed by atoms with van der Waals surface area (Å²) in [7, 11) is 1.69. The smallest absolute Gasteiger partial charge is 0.335 e. The average Bonchev–Trinajstić information content (AvgIpc) is 3.62. The van der Waals surface area contributed by atoms with Crippen LogP contribution >= 0.6 is 11.3 Å². The van der Waals surface area contributed by atoms with E-state index in [0.717, 1.165) is 55.1 Å². The van der Waals surface area contributed by atoms with E-state index in [0.29, 0.717) is 5.56 Å². The molecule has 2 heterocycles. The van der Waals surface area contributed by atoms with E-state index in [2.05, 4.69) is 23.1 Å². The van der Waals surface area contributed by atoms with Gasteiger partial charge in [0.05, 0.1) is 18.8 Å². The maximum Gasteiger partial charge on any atom is 0.335 e. The molecule has 1 N–H and O–H groups in total. The van der Waals surface area contributed by atoms with Gasteiger partial charge in [-0.1, -0.05) is 12.1 Å². The SMILES string of the molecule is COc1ccc(-c2cc(CN3CCCC3)c(-c3ccc(C(=O)O)cc3)s2)cc1OC1CCCC1. The van der Waals surface area contributed by atoms with E-state index in [4.69, 9.17) is 9.47 Å². The lowest BCUT2D eigenvalue weighted by molar-refractivity contribution is 0.0697. The lowest BCUT2D eigenvalue weighted by Gasteiger charge is -2.16. The molecule has 1 saturated heterocycles. The Hall–Kier alpha value is -2.83. The van der Waals surface area contributed by atoms with Crippen LogP contribution < -0.4 is 9.47 Å². The van der Waals surface area contributed by atoms with Crippen LogP contribution in [-0.4, -0.2) is 42.3 Å². The third-order valence-corrected chi connectivity index (χ3v) is 8.12. The van der Waals surface area contributed by atoms with Gasteiger partial charge in [0, 0.05) is 16.3 Å². The second-order valence-corrected chi connectivity index (χ2v) is 10.3. The summed E-state index contributed by atoms with van der Waals surface area (Å²) in [5.41, 5.74) is 3.78. The molecule has 0 bridgehead atoms. The molecule has 5 nitrogen and oxygen atoms in total. The molecule has 2 aromatic carbocycles. The maximum atomic E-state index is 11.3. The monoisotopic (exact) mass is 477 g/mol. The number of hydrogen-bond acceptors (Lipinski definition) is 5. The van der Waals surface area contributed by atoms with Crippen LogP contribution in [0, 0.1) is 0 Å². The Bertz CT molecular complexity index is 1140. The number of benzene rings is 2. The minimum absolute atomic E-state index is 0.265. The molecule has 5 rings (SSSR count). The number of nitrogens with zero attached hydrogens (tertiary/aromatic N) is 1. The molecule has 0 atom stereocenters. The van der Waals surface area contributed by atoms with E-state index >= 15 is 0 Å². The first kappa shape index (κ1) is 22.9. The van der Waals surface area contributed by atoms with Crippen molar-refractivity contribution in [2.45, 2.75) is 51.2 Å². The number of carboxylic acid groups (broad SMARTS) is 1. The third-order valence-electron chi connectivity index (χ3n) is 6.84. The lowest BCUT2D eigenvalue weighted by Crippen LogP contribution is -2.18. The van der Waals surface area contributed by atoms with Crippen molar-refractivity contribution < 1.29 is 19.4 Å². The van der Waals surface area contributed by atoms with Gasteiger partial charge in [0.25, 0.3) is 0 Å². The van der Waals surface area contributed by atoms with Gasteiger partial charge in [-0.05, 0) is 105 Å². The summed E-state index contributed by atoms with van der Waals surface area (Å²) in [5.74, 6) is 0.687. The second kappa shape index (κ2) is 10.2. The number of aromatic carboxylic acids is 1. The molecule has 178 valence electrons. The van der Waals surface area contributed by atoms with E-state index in [-0.39, 0.29) is 6.10 Å². The van der Waals surface area contributed by atoms with E-state index in [1.165, 1.54) is 41.0 Å². The van der Waals surface area contributed by atoms with Gasteiger partial charge in [0.15, 0.2) is 11.5 Å². The van der Waals surface area contributed by atoms with Crippen LogP contribution in [-0.2, 0) is 6.54 Å². The quantitative estimate of drug-likeness (QED) is 0.391. The summed E-state index contributed by atoms with van der Waals surface area (Å²) in [6, 6.07) is 15.7. The Morgan fingerprint density at radius 2 is 1.68 bits per heavy atom. The highest BCUT2D eigenvalue weighted by Crippen LogP contribution is 2.42. The molecule has 1 aliphatic carbocycles. The predicted molar refractivity (Wildman–Crippen MR) is 136 cm³/mol. The van der Waals surface area contributed by atoms with Crippen LogP contribution in [0.2, 0.25) is 0 Å². The lowest BCUT2D eigenvalue weighted by atomic mass is 10.1. The number of thiophene rings is 1. The van der Waals surface area contributed by atoms with Gasteiger partial charge >= 0.3 is 5.97 Å². The highest BCUT2D eigenvalue weighted by Gasteiger charge is 2.21. The molecule has 3 aromatic rings. The van der Waals surface area contributed by atoms with Crippen LogP contribution in [0.5, 0.6) is 11.5 Å². The van der Waals surface area contributed by atoms with Crippen LogP contribution in [0.25, 0.3) is 20.9 Å². The number of carbonyl (C=O) groups is 1. The molecule has 34 heavy (non-hydrogen) atoms. The van der Waals surface area contributed by atoms with Crippen molar-refractivity contribution in [1.82, 2.24) is 4.90 Å². The van der Waals surface area contributed by atoms with Gasteiger partial charge in [0.1, 0.15) is 0 Å². The highest BCUT2D eigenvalue weighted by molar-refractivity contribution is 7.19. The molecule has 0 spiro atoms. The Labute approximate surface area is 204 Å². The predicted octanol–water partition coefficient (Wildman–Crippen LogP) is 6.71. The van der Waals surface area contributed by atoms with Crippen molar-refractivity contribution in [3.8, 4) is 32.4 Å². The second-order valence-electron chi connectivity index (χ2n) is 9.22. The maximum absolute atomic E-state index is 11.3. The van der Waals surface area contributed by atoms with Crippen molar-refractivity contribution in [2.24, 2.45) is 0 Å². The van der Waals surface area contributed by atoms with Crippen molar-refractivity contribution in [3.63, 3.8) is 0 Å². The standard InChI is InChI=1S/C28H31NO4S/c1-32-24-13-12-21(16-25(24)33-23-6-2-3-7-23)26-17-22(18-29-14-4-5-15-29)27(34-26)19-8-10-20(11-9-19)28(30)31/h8-13,16-17,23H,2-7,14-15,18H2,1H3,(H,30,31). The fourth-order valence-electron chi connectivity index (χ4n) is 4.99. The Morgan fingerprint density at radius 1 is 0.971 bits per heavy atom. The average molecular weight is 478 g/mol. The summed E-state index contributed by atoms with van der Waals surface area (Å²) in [4.78, 5) is 16.2. The zero-order valence-electron chi connectivity index (χ0n) is 19.6. The first-order chi connectivity index (χ1) is 16.6. The number of rotatable bonds is 8. The van der Waals surface area contributed by atoms with Crippen LogP contribution in [0.3, 0.4) is 0 Å². The summed E-state index contributed by atoms with van der Waals surface area (Å²) >= 11 is 1.76. The fraction of sp³-hybridized carbons (Fsp3) is 0.393. The minimum atomic E-state index is -0.899. The van der Waals surface area contributed by atoms with E-state index < -0.39 is 5.97 Å². The zero-order valence-corrected chi connectivity index (χ0v) is 20.4. The number of hydrogen-bond donors (Lipinski definition) is 1. The summed E-state index contributed by atoms with van der Waals surface area (Å²) in [6.07, 6.45) is 7.41. The van der Waals surface area contributed by atoms with Gasteiger partial charge in [0.2, 0.25) is 0 Å². The summed E-state index contributed by atoms with van der Waals surface area (Å²) < 4.78 is 11.9. The van der Waals surface area contributed by atoms with Gasteiger partial charge in [-0.3, -0.25) is 4.90 Å². The molecule has 2 fully saturated rings. The molecular weight excluding hydrogens is 446 g/mol. The van der Waals surface area contributed by atoms with Crippen molar-refractivity contribution in [1.29, 1.82) is 0 Å². The topological polar surface area (TPSA) is 59.0 Å². The van der Waals surface area contributed by atoms with Gasteiger partial charge < -0.3 is 14.6 Å². The minimum Gasteiger partial charge on any atom is -0.493 e. The Kier molecular flexibility index (Phi) is 6.88.